The van der Waals surface area contributed by atoms with Crippen LogP contribution >= 0.6 is 0 Å². The van der Waals surface area contributed by atoms with E-state index in [-0.39, 0.29) is 12.1 Å². The molecule has 4 rings (SSSR count). The molecule has 4 heterocycles. The van der Waals surface area contributed by atoms with E-state index >= 15 is 0 Å². The fourth-order valence-corrected chi connectivity index (χ4v) is 4.30. The lowest BCUT2D eigenvalue weighted by Gasteiger charge is -2.40. The van der Waals surface area contributed by atoms with Gasteiger partial charge in [-0.15, -0.1) is 10.2 Å². The van der Waals surface area contributed by atoms with Crippen molar-refractivity contribution in [3.8, 4) is 17.1 Å². The van der Waals surface area contributed by atoms with E-state index in [2.05, 4.69) is 40.9 Å². The highest BCUT2D eigenvalue weighted by Gasteiger charge is 2.36. The second-order valence-corrected chi connectivity index (χ2v) is 9.72. The van der Waals surface area contributed by atoms with Crippen LogP contribution in [0.4, 0.5) is 16.3 Å². The monoisotopic (exact) mass is 464 g/mol. The molecule has 0 radical (unpaired) electrons. The predicted octanol–water partition coefficient (Wildman–Crippen LogP) is 4.48. The first-order valence-electron chi connectivity index (χ1n) is 11.5. The van der Waals surface area contributed by atoms with Crippen molar-refractivity contribution in [1.29, 1.82) is 0 Å². The minimum atomic E-state index is -0.615. The van der Waals surface area contributed by atoms with Crippen molar-refractivity contribution in [3.63, 3.8) is 0 Å². The van der Waals surface area contributed by atoms with Crippen molar-refractivity contribution in [2.75, 3.05) is 16.8 Å². The van der Waals surface area contributed by atoms with E-state index in [0.717, 1.165) is 29.4 Å². The molecule has 0 fully saturated rings. The molecular formula is C24H32N8O2. The van der Waals surface area contributed by atoms with E-state index in [4.69, 9.17) is 14.7 Å². The maximum atomic E-state index is 12.8. The minimum absolute atomic E-state index is 0.0403. The van der Waals surface area contributed by atoms with E-state index in [1.54, 1.807) is 25.8 Å². The SMILES string of the molecule is CC[C@@H]1c2nncn2-c2c(C)nc(-c3ccncc3N(C)C(=O)OC(C)(C)C)nc2N1C(C)C. The number of aromatic nitrogens is 6. The molecule has 10 heteroatoms. The Kier molecular flexibility index (Phi) is 6.01. The van der Waals surface area contributed by atoms with Crippen LogP contribution in [-0.2, 0) is 4.74 Å². The van der Waals surface area contributed by atoms with Gasteiger partial charge < -0.3 is 9.64 Å². The van der Waals surface area contributed by atoms with Gasteiger partial charge >= 0.3 is 6.09 Å². The standard InChI is InChI=1S/C24H32N8O2/c1-9-17-21-29-26-13-31(21)19-15(4)27-20(28-22(19)32(17)14(2)3)16-10-11-25-12-18(16)30(8)23(33)34-24(5,6)7/h10-14,17H,9H2,1-8H3/t17-/m1/s1. The van der Waals surface area contributed by atoms with Crippen molar-refractivity contribution < 1.29 is 9.53 Å². The summed E-state index contributed by atoms with van der Waals surface area (Å²) in [5.41, 5.74) is 2.32. The molecule has 1 atom stereocenters. The molecule has 1 amide bonds. The third-order valence-electron chi connectivity index (χ3n) is 5.75. The van der Waals surface area contributed by atoms with Crippen LogP contribution in [0.3, 0.4) is 0 Å². The van der Waals surface area contributed by atoms with E-state index < -0.39 is 11.7 Å². The molecular weight excluding hydrogens is 432 g/mol. The summed E-state index contributed by atoms with van der Waals surface area (Å²) in [6.45, 7) is 13.9. The Hall–Kier alpha value is -3.56. The quantitative estimate of drug-likeness (QED) is 0.557. The summed E-state index contributed by atoms with van der Waals surface area (Å²) in [6.07, 6.45) is 5.41. The summed E-state index contributed by atoms with van der Waals surface area (Å²) in [7, 11) is 1.66. The highest BCUT2D eigenvalue weighted by Crippen LogP contribution is 2.42. The number of ether oxygens (including phenoxy) is 1. The average molecular weight is 465 g/mol. The lowest BCUT2D eigenvalue weighted by molar-refractivity contribution is 0.0589. The number of amides is 1. The van der Waals surface area contributed by atoms with Crippen molar-refractivity contribution in [1.82, 2.24) is 29.7 Å². The highest BCUT2D eigenvalue weighted by atomic mass is 16.6. The van der Waals surface area contributed by atoms with Crippen LogP contribution in [-0.4, -0.2) is 54.5 Å². The molecule has 10 nitrogen and oxygen atoms in total. The number of nitrogens with zero attached hydrogens (tertiary/aromatic N) is 8. The van der Waals surface area contributed by atoms with Crippen LogP contribution in [0.15, 0.2) is 24.8 Å². The number of fused-ring (bicyclic) bond motifs is 3. The molecule has 0 bridgehead atoms. The van der Waals surface area contributed by atoms with Gasteiger partial charge in [-0.25, -0.2) is 14.8 Å². The van der Waals surface area contributed by atoms with Gasteiger partial charge in [0.25, 0.3) is 0 Å². The Balaban J connectivity index is 1.87. The van der Waals surface area contributed by atoms with Crippen LogP contribution in [0.1, 0.15) is 65.5 Å². The Morgan fingerprint density at radius 1 is 1.26 bits per heavy atom. The third-order valence-corrected chi connectivity index (χ3v) is 5.75. The fourth-order valence-electron chi connectivity index (χ4n) is 4.30. The van der Waals surface area contributed by atoms with Crippen LogP contribution in [0, 0.1) is 6.92 Å². The zero-order chi connectivity index (χ0) is 24.8. The molecule has 0 unspecified atom stereocenters. The first kappa shape index (κ1) is 23.6. The van der Waals surface area contributed by atoms with Gasteiger partial charge in [-0.1, -0.05) is 6.92 Å². The molecule has 1 aliphatic heterocycles. The molecule has 0 aromatic carbocycles. The van der Waals surface area contributed by atoms with E-state index in [9.17, 15) is 4.79 Å². The largest absolute Gasteiger partial charge is 0.443 e. The van der Waals surface area contributed by atoms with Gasteiger partial charge in [0, 0.05) is 24.8 Å². The normalized spacial score (nSPS) is 15.2. The number of anilines is 2. The van der Waals surface area contributed by atoms with Gasteiger partial charge in [0.05, 0.1) is 23.6 Å². The van der Waals surface area contributed by atoms with E-state index in [0.29, 0.717) is 17.1 Å². The van der Waals surface area contributed by atoms with Crippen molar-refractivity contribution in [2.45, 2.75) is 72.6 Å². The molecule has 0 spiro atoms. The average Bonchev–Trinajstić information content (AvgIpc) is 3.25. The van der Waals surface area contributed by atoms with Gasteiger partial charge in [0.15, 0.2) is 17.5 Å². The summed E-state index contributed by atoms with van der Waals surface area (Å²) >= 11 is 0. The van der Waals surface area contributed by atoms with Gasteiger partial charge in [-0.05, 0) is 54.0 Å². The van der Waals surface area contributed by atoms with Crippen molar-refractivity contribution in [3.05, 3.63) is 36.3 Å². The highest BCUT2D eigenvalue weighted by molar-refractivity contribution is 5.92. The van der Waals surface area contributed by atoms with Gasteiger partial charge in [-0.2, -0.15) is 0 Å². The van der Waals surface area contributed by atoms with Crippen LogP contribution in [0.25, 0.3) is 17.1 Å². The molecule has 180 valence electrons. The first-order valence-corrected chi connectivity index (χ1v) is 11.5. The zero-order valence-electron chi connectivity index (χ0n) is 21.1. The van der Waals surface area contributed by atoms with Crippen LogP contribution < -0.4 is 9.80 Å². The number of carbonyl (C=O) groups is 1. The smallest absolute Gasteiger partial charge is 0.414 e. The van der Waals surface area contributed by atoms with Crippen LogP contribution in [0.5, 0.6) is 0 Å². The molecule has 3 aromatic heterocycles. The summed E-state index contributed by atoms with van der Waals surface area (Å²) in [6, 6.07) is 2.04. The number of hydrogen-bond donors (Lipinski definition) is 0. The van der Waals surface area contributed by atoms with Crippen molar-refractivity contribution >= 4 is 17.6 Å². The minimum Gasteiger partial charge on any atom is -0.443 e. The molecule has 0 aliphatic carbocycles. The number of rotatable bonds is 4. The molecule has 0 saturated carbocycles. The second kappa shape index (κ2) is 8.66. The second-order valence-electron chi connectivity index (χ2n) is 9.72. The molecule has 1 aliphatic rings. The van der Waals surface area contributed by atoms with Crippen molar-refractivity contribution in [2.24, 2.45) is 0 Å². The van der Waals surface area contributed by atoms with E-state index in [1.165, 1.54) is 4.90 Å². The van der Waals surface area contributed by atoms with Gasteiger partial charge in [0.2, 0.25) is 0 Å². The maximum Gasteiger partial charge on any atom is 0.414 e. The zero-order valence-corrected chi connectivity index (χ0v) is 21.1. The number of pyridine rings is 1. The number of carbonyl (C=O) groups excluding carboxylic acids is 1. The van der Waals surface area contributed by atoms with Gasteiger partial charge in [0.1, 0.15) is 17.6 Å². The summed E-state index contributed by atoms with van der Waals surface area (Å²) < 4.78 is 7.55. The summed E-state index contributed by atoms with van der Waals surface area (Å²) in [5.74, 6) is 2.22. The maximum absolute atomic E-state index is 12.8. The Morgan fingerprint density at radius 2 is 2.00 bits per heavy atom. The molecule has 3 aromatic rings. The lowest BCUT2D eigenvalue weighted by atomic mass is 10.1. The Bertz CT molecular complexity index is 1210. The molecule has 34 heavy (non-hydrogen) atoms. The Labute approximate surface area is 200 Å². The fraction of sp³-hybridized carbons (Fsp3) is 0.500. The van der Waals surface area contributed by atoms with E-state index in [1.807, 2.05) is 38.3 Å². The topological polar surface area (TPSA) is 102 Å². The molecule has 0 saturated heterocycles. The number of hydrogen-bond acceptors (Lipinski definition) is 8. The van der Waals surface area contributed by atoms with Crippen LogP contribution in [0.2, 0.25) is 0 Å². The third kappa shape index (κ3) is 4.08. The summed E-state index contributed by atoms with van der Waals surface area (Å²) in [5, 5.41) is 8.56. The Morgan fingerprint density at radius 3 is 2.65 bits per heavy atom. The number of aryl methyl sites for hydroxylation is 1. The summed E-state index contributed by atoms with van der Waals surface area (Å²) in [4.78, 5) is 30.6. The lowest BCUT2D eigenvalue weighted by Crippen LogP contribution is -2.40. The first-order chi connectivity index (χ1) is 16.0. The predicted molar refractivity (Wildman–Crippen MR) is 130 cm³/mol. The van der Waals surface area contributed by atoms with Gasteiger partial charge in [-0.3, -0.25) is 14.5 Å². The molecule has 0 N–H and O–H groups in total.